The van der Waals surface area contributed by atoms with E-state index in [1.165, 1.54) is 16.8 Å². The molecule has 0 unspecified atom stereocenters. The lowest BCUT2D eigenvalue weighted by molar-refractivity contribution is -0.0464. The van der Waals surface area contributed by atoms with Crippen molar-refractivity contribution in [1.29, 1.82) is 5.26 Å². The zero-order valence-corrected chi connectivity index (χ0v) is 18.4. The number of carbonyl (C=O) groups is 1. The van der Waals surface area contributed by atoms with E-state index >= 15 is 0 Å². The van der Waals surface area contributed by atoms with Gasteiger partial charge >= 0.3 is 5.69 Å². The fourth-order valence-corrected chi connectivity index (χ4v) is 3.56. The molecule has 1 aliphatic rings. The minimum absolute atomic E-state index is 0.0109. The summed E-state index contributed by atoms with van der Waals surface area (Å²) in [4.78, 5) is 37.4. The number of nitriles is 1. The lowest BCUT2D eigenvalue weighted by Gasteiger charge is -2.17. The Morgan fingerprint density at radius 1 is 1.38 bits per heavy atom. The molecular weight excluding hydrogens is 451 g/mol. The van der Waals surface area contributed by atoms with Crippen molar-refractivity contribution in [2.45, 2.75) is 38.3 Å². The number of amides is 1. The minimum Gasteiger partial charge on any atom is -0.394 e. The van der Waals surface area contributed by atoms with Crippen LogP contribution >= 0.6 is 0 Å². The second kappa shape index (κ2) is 11.2. The smallest absolute Gasteiger partial charge is 0.333 e. The molecule has 1 fully saturated rings. The molecule has 1 amide bonds. The number of aliphatic hydroxyl groups excluding tert-OH is 2. The molecule has 11 nitrogen and oxygen atoms in total. The number of halogens is 1. The van der Waals surface area contributed by atoms with Gasteiger partial charge in [-0.25, -0.2) is 9.18 Å². The Labute approximate surface area is 193 Å². The number of rotatable bonds is 9. The molecule has 1 aromatic heterocycles. The molecule has 2 aromatic rings. The van der Waals surface area contributed by atoms with E-state index in [0.29, 0.717) is 5.56 Å². The lowest BCUT2D eigenvalue weighted by atomic mass is 10.1. The molecule has 0 bridgehead atoms. The maximum absolute atomic E-state index is 13.4. The largest absolute Gasteiger partial charge is 0.394 e. The van der Waals surface area contributed by atoms with Crippen molar-refractivity contribution in [1.82, 2.24) is 14.5 Å². The van der Waals surface area contributed by atoms with Crippen LogP contribution in [0.2, 0.25) is 0 Å². The van der Waals surface area contributed by atoms with Crippen molar-refractivity contribution in [2.24, 2.45) is 0 Å². The molecule has 2 heterocycles. The summed E-state index contributed by atoms with van der Waals surface area (Å²) in [7, 11) is 0. The van der Waals surface area contributed by atoms with Gasteiger partial charge < -0.3 is 25.0 Å². The van der Waals surface area contributed by atoms with E-state index in [2.05, 4.69) is 5.32 Å². The van der Waals surface area contributed by atoms with Gasteiger partial charge in [-0.1, -0.05) is 0 Å². The van der Waals surface area contributed by atoms with E-state index in [0.717, 1.165) is 16.7 Å². The molecule has 182 valence electrons. The Balaban J connectivity index is 1.54. The molecule has 1 aliphatic heterocycles. The molecule has 34 heavy (non-hydrogen) atoms. The van der Waals surface area contributed by atoms with Gasteiger partial charge in [0.1, 0.15) is 24.2 Å². The fourth-order valence-electron chi connectivity index (χ4n) is 3.56. The van der Waals surface area contributed by atoms with Crippen molar-refractivity contribution in [3.8, 4) is 6.07 Å². The summed E-state index contributed by atoms with van der Waals surface area (Å²) in [5.41, 5.74) is -0.920. The molecule has 1 saturated heterocycles. The van der Waals surface area contributed by atoms with E-state index in [9.17, 15) is 29.0 Å². The second-order valence-electron chi connectivity index (χ2n) is 7.75. The van der Waals surface area contributed by atoms with E-state index < -0.39 is 48.0 Å². The van der Waals surface area contributed by atoms with Gasteiger partial charge in [-0.05, 0) is 25.1 Å². The molecule has 0 radical (unpaired) electrons. The van der Waals surface area contributed by atoms with Gasteiger partial charge in [0, 0.05) is 30.3 Å². The van der Waals surface area contributed by atoms with Crippen molar-refractivity contribution in [3.05, 3.63) is 67.7 Å². The topological polar surface area (TPSA) is 156 Å². The summed E-state index contributed by atoms with van der Waals surface area (Å²) in [6, 6.07) is 5.12. The van der Waals surface area contributed by atoms with E-state index in [4.69, 9.17) is 14.7 Å². The van der Waals surface area contributed by atoms with Crippen LogP contribution in [0.4, 0.5) is 4.39 Å². The predicted octanol–water partition coefficient (Wildman–Crippen LogP) is -0.583. The summed E-state index contributed by atoms with van der Waals surface area (Å²) in [5, 5.41) is 30.6. The van der Waals surface area contributed by atoms with E-state index in [1.807, 2.05) is 0 Å². The Morgan fingerprint density at radius 3 is 2.82 bits per heavy atom. The van der Waals surface area contributed by atoms with Crippen molar-refractivity contribution in [2.75, 3.05) is 26.4 Å². The molecule has 3 atom stereocenters. The van der Waals surface area contributed by atoms with Crippen molar-refractivity contribution in [3.63, 3.8) is 0 Å². The second-order valence-corrected chi connectivity index (χ2v) is 7.75. The van der Waals surface area contributed by atoms with Crippen LogP contribution in [0.25, 0.3) is 0 Å². The van der Waals surface area contributed by atoms with Crippen LogP contribution in [0.1, 0.15) is 34.1 Å². The molecule has 1 aromatic carbocycles. The van der Waals surface area contributed by atoms with E-state index in [-0.39, 0.29) is 43.9 Å². The Kier molecular flexibility index (Phi) is 8.30. The summed E-state index contributed by atoms with van der Waals surface area (Å²) in [5.74, 6) is -1.21. The van der Waals surface area contributed by atoms with Crippen LogP contribution in [0.15, 0.2) is 34.0 Å². The van der Waals surface area contributed by atoms with Gasteiger partial charge in [-0.15, -0.1) is 0 Å². The number of nitrogens with zero attached hydrogens (tertiary/aromatic N) is 3. The average Bonchev–Trinajstić information content (AvgIpc) is 3.20. The zero-order valence-electron chi connectivity index (χ0n) is 18.4. The number of ether oxygens (including phenoxy) is 2. The van der Waals surface area contributed by atoms with Gasteiger partial charge in [-0.2, -0.15) is 5.26 Å². The number of hydrogen-bond acceptors (Lipinski definition) is 8. The summed E-state index contributed by atoms with van der Waals surface area (Å²) in [6.07, 6.45) is -1.08. The van der Waals surface area contributed by atoms with E-state index in [1.54, 1.807) is 13.0 Å². The molecular formula is C22H25FN4O7. The molecule has 3 N–H and O–H groups in total. The predicted molar refractivity (Wildman–Crippen MR) is 116 cm³/mol. The number of hydrogen-bond donors (Lipinski definition) is 3. The zero-order chi connectivity index (χ0) is 24.8. The first kappa shape index (κ1) is 25.3. The quantitative estimate of drug-likeness (QED) is 0.406. The van der Waals surface area contributed by atoms with Crippen molar-refractivity contribution < 1.29 is 28.9 Å². The number of carbonyl (C=O) groups excluding carboxylic acids is 1. The molecule has 0 saturated carbocycles. The highest BCUT2D eigenvalue weighted by Crippen LogP contribution is 2.27. The van der Waals surface area contributed by atoms with Crippen molar-refractivity contribution >= 4 is 5.91 Å². The van der Waals surface area contributed by atoms with Crippen LogP contribution < -0.4 is 16.6 Å². The summed E-state index contributed by atoms with van der Waals surface area (Å²) >= 11 is 0. The Bertz CT molecular complexity index is 1200. The standard InChI is InChI=1S/C22H25FN4O7/c1-13-11-27(19-9-17(29)18(12-28)34-19)22(32)26(21(13)31)5-7-33-6-4-25-20(30)14-2-3-16(23)15(8-14)10-24/h2-3,8,11,17-19,28-29H,4-7,9,12H2,1H3,(H,25,30)/t17-,18+,19+/m0/s1. The monoisotopic (exact) mass is 476 g/mol. The van der Waals surface area contributed by atoms with Gasteiger partial charge in [-0.3, -0.25) is 18.7 Å². The van der Waals surface area contributed by atoms with Crippen LogP contribution in [0.5, 0.6) is 0 Å². The highest BCUT2D eigenvalue weighted by molar-refractivity contribution is 5.94. The van der Waals surface area contributed by atoms with Gasteiger partial charge in [0.25, 0.3) is 11.5 Å². The highest BCUT2D eigenvalue weighted by Gasteiger charge is 2.35. The van der Waals surface area contributed by atoms with Crippen LogP contribution in [0.3, 0.4) is 0 Å². The van der Waals surface area contributed by atoms with Crippen LogP contribution in [-0.2, 0) is 16.0 Å². The summed E-state index contributed by atoms with van der Waals surface area (Å²) < 4.78 is 26.5. The number of aliphatic hydroxyl groups is 2. The normalized spacial score (nSPS) is 19.7. The Hall–Kier alpha value is -3.37. The van der Waals surface area contributed by atoms with Crippen LogP contribution in [0, 0.1) is 24.1 Å². The molecule has 0 spiro atoms. The number of benzene rings is 1. The average molecular weight is 476 g/mol. The first-order valence-corrected chi connectivity index (χ1v) is 10.6. The SMILES string of the molecule is Cc1cn([C@H]2C[C@H](O)[C@@H](CO)O2)c(=O)n(CCOCCNC(=O)c2ccc(F)c(C#N)c2)c1=O. The first-order valence-electron chi connectivity index (χ1n) is 10.6. The molecule has 12 heteroatoms. The summed E-state index contributed by atoms with van der Waals surface area (Å²) in [6.45, 7) is 1.32. The maximum atomic E-state index is 13.4. The third-order valence-electron chi connectivity index (χ3n) is 5.40. The van der Waals surface area contributed by atoms with Gasteiger partial charge in [0.15, 0.2) is 0 Å². The number of aromatic nitrogens is 2. The number of nitrogens with one attached hydrogen (secondary N) is 1. The number of aryl methyl sites for hydroxylation is 1. The lowest BCUT2D eigenvalue weighted by Crippen LogP contribution is -2.43. The third-order valence-corrected chi connectivity index (χ3v) is 5.40. The minimum atomic E-state index is -0.928. The highest BCUT2D eigenvalue weighted by atomic mass is 19.1. The maximum Gasteiger partial charge on any atom is 0.333 e. The molecule has 3 rings (SSSR count). The fraction of sp³-hybridized carbons (Fsp3) is 0.455. The first-order chi connectivity index (χ1) is 16.3. The van der Waals surface area contributed by atoms with Gasteiger partial charge in [0.2, 0.25) is 0 Å². The molecule has 0 aliphatic carbocycles. The Morgan fingerprint density at radius 2 is 2.15 bits per heavy atom. The third kappa shape index (κ3) is 5.57. The van der Waals surface area contributed by atoms with Gasteiger partial charge in [0.05, 0.1) is 38.0 Å². The van der Waals surface area contributed by atoms with Crippen LogP contribution in [-0.4, -0.2) is 63.8 Å².